The van der Waals surface area contributed by atoms with Crippen molar-refractivity contribution in [3.05, 3.63) is 30.0 Å². The van der Waals surface area contributed by atoms with Gasteiger partial charge in [-0.3, -0.25) is 19.2 Å². The zero-order valence-corrected chi connectivity index (χ0v) is 21.7. The average molecular weight is 525 g/mol. The first-order valence-corrected chi connectivity index (χ1v) is 13.6. The van der Waals surface area contributed by atoms with Crippen LogP contribution in [0.2, 0.25) is 0 Å². The van der Waals surface area contributed by atoms with Crippen molar-refractivity contribution < 1.29 is 29.0 Å². The number of nitrogens with one attached hydrogen (secondary N) is 3. The number of aliphatic hydroxyl groups is 1. The van der Waals surface area contributed by atoms with Gasteiger partial charge in [-0.2, -0.15) is 0 Å². The molecular weight excluding hydrogens is 488 g/mol. The van der Waals surface area contributed by atoms with Crippen molar-refractivity contribution in [3.8, 4) is 5.75 Å². The molecule has 2 aliphatic heterocycles. The summed E-state index contributed by atoms with van der Waals surface area (Å²) in [6.07, 6.45) is 5.62. The fraction of sp³-hybridized carbons (Fsp3) is 0.571. The topological polar surface area (TPSA) is 141 Å². The number of hydrogen-bond acceptors (Lipinski definition) is 6. The van der Waals surface area contributed by atoms with E-state index in [1.165, 1.54) is 0 Å². The van der Waals surface area contributed by atoms with Crippen LogP contribution < -0.4 is 15.4 Å². The van der Waals surface area contributed by atoms with Gasteiger partial charge in [0.1, 0.15) is 24.1 Å². The number of carbonyl (C=O) groups excluding carboxylic acids is 4. The summed E-state index contributed by atoms with van der Waals surface area (Å²) in [5.41, 5.74) is 1.15. The van der Waals surface area contributed by atoms with Crippen LogP contribution in [0.5, 0.6) is 5.75 Å². The van der Waals surface area contributed by atoms with Gasteiger partial charge in [0.25, 0.3) is 5.91 Å². The maximum absolute atomic E-state index is 13.9. The van der Waals surface area contributed by atoms with Crippen LogP contribution in [-0.2, 0) is 14.4 Å². The van der Waals surface area contributed by atoms with Gasteiger partial charge in [-0.1, -0.05) is 25.3 Å². The Labute approximate surface area is 221 Å². The van der Waals surface area contributed by atoms with E-state index in [9.17, 15) is 24.3 Å². The number of aliphatic hydroxyl groups excluding tert-OH is 1. The first kappa shape index (κ1) is 26.2. The van der Waals surface area contributed by atoms with Crippen molar-refractivity contribution in [1.82, 2.24) is 20.5 Å². The Hall–Kier alpha value is -3.40. The highest BCUT2D eigenvalue weighted by Gasteiger charge is 2.48. The summed E-state index contributed by atoms with van der Waals surface area (Å²) in [5, 5.41) is 15.9. The lowest BCUT2D eigenvalue weighted by atomic mass is 9.86. The third kappa shape index (κ3) is 5.01. The predicted molar refractivity (Wildman–Crippen MR) is 139 cm³/mol. The van der Waals surface area contributed by atoms with Gasteiger partial charge in [-0.15, -0.1) is 0 Å². The Balaban J connectivity index is 1.42. The first-order valence-electron chi connectivity index (χ1n) is 13.6. The standard InChI is InChI=1S/C28H36N4O6/c1-38-24-9-5-8-20-19(24)13-22(30-20)28(37)32-14-17-6-3-2-4-7-18(17)25(32)27(36)31-21(23(34)15-33)12-16-10-11-29-26(16)35/h5,8-9,13,16-18,21,25,30,33H,2-4,6-7,10-12,14-15H2,1H3,(H,29,35)(H,31,36)/t16-,17-,18-,21?,25-/m0/s1. The number of carbonyl (C=O) groups is 4. The van der Waals surface area contributed by atoms with Crippen LogP contribution in [0.4, 0.5) is 0 Å². The Bertz CT molecular complexity index is 1230. The molecule has 10 heteroatoms. The van der Waals surface area contributed by atoms with Crippen molar-refractivity contribution in [2.24, 2.45) is 17.8 Å². The number of likely N-dealkylation sites (tertiary alicyclic amines) is 1. The lowest BCUT2D eigenvalue weighted by molar-refractivity contribution is -0.133. The molecule has 1 saturated carbocycles. The number of amides is 3. The lowest BCUT2D eigenvalue weighted by Crippen LogP contribution is -2.53. The lowest BCUT2D eigenvalue weighted by Gasteiger charge is -2.29. The monoisotopic (exact) mass is 524 g/mol. The Morgan fingerprint density at radius 2 is 2.00 bits per heavy atom. The van der Waals surface area contributed by atoms with E-state index in [0.717, 1.165) is 43.0 Å². The van der Waals surface area contributed by atoms with Gasteiger partial charge in [0, 0.05) is 29.9 Å². The number of hydrogen-bond donors (Lipinski definition) is 4. The third-order valence-corrected chi connectivity index (χ3v) is 8.54. The number of nitrogens with zero attached hydrogens (tertiary/aromatic N) is 1. The van der Waals surface area contributed by atoms with Crippen molar-refractivity contribution in [1.29, 1.82) is 0 Å². The molecule has 1 aliphatic carbocycles. The number of aromatic amines is 1. The number of aromatic nitrogens is 1. The molecule has 3 aliphatic rings. The third-order valence-electron chi connectivity index (χ3n) is 8.54. The van der Waals surface area contributed by atoms with E-state index < -0.39 is 36.3 Å². The minimum absolute atomic E-state index is 0.0139. The fourth-order valence-corrected chi connectivity index (χ4v) is 6.57. The Morgan fingerprint density at radius 1 is 1.18 bits per heavy atom. The summed E-state index contributed by atoms with van der Waals surface area (Å²) in [6.45, 7) is 0.273. The van der Waals surface area contributed by atoms with E-state index >= 15 is 0 Å². The van der Waals surface area contributed by atoms with Crippen LogP contribution in [0.15, 0.2) is 24.3 Å². The predicted octanol–water partition coefficient (Wildman–Crippen LogP) is 1.77. The van der Waals surface area contributed by atoms with Gasteiger partial charge in [0.15, 0.2) is 5.78 Å². The van der Waals surface area contributed by atoms with E-state index in [2.05, 4.69) is 15.6 Å². The van der Waals surface area contributed by atoms with E-state index in [1.807, 2.05) is 18.2 Å². The number of ketones is 1. The van der Waals surface area contributed by atoms with Crippen molar-refractivity contribution in [3.63, 3.8) is 0 Å². The molecule has 0 bridgehead atoms. The summed E-state index contributed by atoms with van der Waals surface area (Å²) < 4.78 is 5.45. The molecule has 10 nitrogen and oxygen atoms in total. The number of fused-ring (bicyclic) bond motifs is 2. The van der Waals surface area contributed by atoms with E-state index in [4.69, 9.17) is 4.74 Å². The van der Waals surface area contributed by atoms with Crippen LogP contribution in [0.1, 0.15) is 55.4 Å². The normalized spacial score (nSPS) is 25.9. The summed E-state index contributed by atoms with van der Waals surface area (Å²) in [4.78, 5) is 57.3. The largest absolute Gasteiger partial charge is 0.496 e. The van der Waals surface area contributed by atoms with Crippen molar-refractivity contribution in [2.75, 3.05) is 26.8 Å². The summed E-state index contributed by atoms with van der Waals surface area (Å²) in [5.74, 6) is -0.907. The summed E-state index contributed by atoms with van der Waals surface area (Å²) in [7, 11) is 1.58. The quantitative estimate of drug-likeness (QED) is 0.415. The van der Waals surface area contributed by atoms with Crippen LogP contribution >= 0.6 is 0 Å². The molecule has 2 aromatic rings. The first-order chi connectivity index (χ1) is 18.4. The molecule has 3 heterocycles. The molecule has 5 atom stereocenters. The summed E-state index contributed by atoms with van der Waals surface area (Å²) >= 11 is 0. The van der Waals surface area contributed by atoms with Gasteiger partial charge < -0.3 is 30.4 Å². The second kappa shape index (κ2) is 11.1. The molecule has 1 aromatic carbocycles. The molecule has 2 saturated heterocycles. The minimum Gasteiger partial charge on any atom is -0.496 e. The molecule has 4 N–H and O–H groups in total. The zero-order chi connectivity index (χ0) is 26.8. The molecule has 204 valence electrons. The molecule has 0 radical (unpaired) electrons. The van der Waals surface area contributed by atoms with Crippen LogP contribution in [-0.4, -0.2) is 77.4 Å². The number of Topliss-reactive ketones (excluding diaryl/α,β-unsaturated/α-hetero) is 1. The van der Waals surface area contributed by atoms with E-state index in [0.29, 0.717) is 31.0 Å². The Morgan fingerprint density at radius 3 is 2.74 bits per heavy atom. The summed E-state index contributed by atoms with van der Waals surface area (Å²) in [6, 6.07) is 5.59. The number of H-pyrrole nitrogens is 1. The van der Waals surface area contributed by atoms with Gasteiger partial charge in [0.05, 0.1) is 13.2 Å². The fourth-order valence-electron chi connectivity index (χ4n) is 6.57. The number of ether oxygens (including phenoxy) is 1. The SMILES string of the molecule is COc1cccc2[nH]c(C(=O)N3C[C@@H]4CCCCC[C@@H]4[C@H]3C(=O)NC(C[C@@H]3CCNC3=O)C(=O)CO)cc12. The smallest absolute Gasteiger partial charge is 0.271 e. The highest BCUT2D eigenvalue weighted by Crippen LogP contribution is 2.40. The average Bonchev–Trinajstić information content (AvgIpc) is 3.59. The molecule has 0 spiro atoms. The van der Waals surface area contributed by atoms with Gasteiger partial charge in [-0.05, 0) is 55.7 Å². The van der Waals surface area contributed by atoms with Crippen molar-refractivity contribution >= 4 is 34.4 Å². The van der Waals surface area contributed by atoms with Gasteiger partial charge >= 0.3 is 0 Å². The van der Waals surface area contributed by atoms with Crippen LogP contribution in [0.3, 0.4) is 0 Å². The maximum Gasteiger partial charge on any atom is 0.271 e. The second-order valence-corrected chi connectivity index (χ2v) is 10.8. The molecular formula is C28H36N4O6. The van der Waals surface area contributed by atoms with Crippen LogP contribution in [0.25, 0.3) is 10.9 Å². The molecule has 3 fully saturated rings. The minimum atomic E-state index is -0.986. The highest BCUT2D eigenvalue weighted by atomic mass is 16.5. The zero-order valence-electron chi connectivity index (χ0n) is 21.7. The highest BCUT2D eigenvalue weighted by molar-refractivity contribution is 6.02. The number of benzene rings is 1. The molecule has 1 unspecified atom stereocenters. The second-order valence-electron chi connectivity index (χ2n) is 10.8. The van der Waals surface area contributed by atoms with Crippen molar-refractivity contribution in [2.45, 2.75) is 57.0 Å². The maximum atomic E-state index is 13.9. The van der Waals surface area contributed by atoms with Gasteiger partial charge in [-0.25, -0.2) is 0 Å². The van der Waals surface area contributed by atoms with Gasteiger partial charge in [0.2, 0.25) is 11.8 Å². The number of methoxy groups -OCH3 is 1. The Kier molecular flexibility index (Phi) is 7.69. The van der Waals surface area contributed by atoms with E-state index in [1.54, 1.807) is 18.1 Å². The number of rotatable bonds is 8. The molecule has 1 aromatic heterocycles. The van der Waals surface area contributed by atoms with Crippen LogP contribution in [0, 0.1) is 17.8 Å². The van der Waals surface area contributed by atoms with E-state index in [-0.39, 0.29) is 30.1 Å². The molecule has 38 heavy (non-hydrogen) atoms. The molecule has 5 rings (SSSR count). The molecule has 3 amide bonds.